The molecule has 3 nitrogen and oxygen atoms in total. The lowest BCUT2D eigenvalue weighted by molar-refractivity contribution is -0.141. The predicted molar refractivity (Wildman–Crippen MR) is 68.4 cm³/mol. The van der Waals surface area contributed by atoms with Crippen LogP contribution in [0.5, 0.6) is 5.75 Å². The molecule has 0 radical (unpaired) electrons. The van der Waals surface area contributed by atoms with Gasteiger partial charge in [-0.2, -0.15) is 0 Å². The molecule has 0 aliphatic carbocycles. The summed E-state index contributed by atoms with van der Waals surface area (Å²) in [6, 6.07) is 16.0. The molecule has 0 aliphatic rings. The molecule has 3 heteroatoms. The quantitative estimate of drug-likeness (QED) is 0.842. The lowest BCUT2D eigenvalue weighted by atomic mass is 9.91. The summed E-state index contributed by atoms with van der Waals surface area (Å²) in [7, 11) is 1.36. The van der Waals surface area contributed by atoms with Crippen LogP contribution in [0, 0.1) is 0 Å². The van der Waals surface area contributed by atoms with E-state index in [-0.39, 0.29) is 11.7 Å². The largest absolute Gasteiger partial charge is 0.508 e. The summed E-state index contributed by atoms with van der Waals surface area (Å²) in [4.78, 5) is 11.9. The highest BCUT2D eigenvalue weighted by molar-refractivity contribution is 5.82. The highest BCUT2D eigenvalue weighted by Gasteiger charge is 2.23. The summed E-state index contributed by atoms with van der Waals surface area (Å²) < 4.78 is 4.84. The van der Waals surface area contributed by atoms with Crippen molar-refractivity contribution in [1.82, 2.24) is 0 Å². The van der Waals surface area contributed by atoms with Gasteiger partial charge in [-0.3, -0.25) is 4.79 Å². The number of carbonyl (C=O) groups excluding carboxylic acids is 1. The van der Waals surface area contributed by atoms with Crippen LogP contribution in [-0.4, -0.2) is 18.2 Å². The Morgan fingerprint density at radius 1 is 1.06 bits per heavy atom. The fourth-order valence-corrected chi connectivity index (χ4v) is 1.93. The first-order chi connectivity index (χ1) is 8.72. The summed E-state index contributed by atoms with van der Waals surface area (Å²) >= 11 is 0. The van der Waals surface area contributed by atoms with Crippen LogP contribution < -0.4 is 0 Å². The standard InChI is InChI=1S/C15H14O3/c1-18-15(17)14(11-6-3-2-4-7-11)12-8-5-9-13(16)10-12/h2-10,14,16H,1H3. The van der Waals surface area contributed by atoms with E-state index in [0.717, 1.165) is 5.56 Å². The Balaban J connectivity index is 2.47. The second-order valence-corrected chi connectivity index (χ2v) is 3.96. The van der Waals surface area contributed by atoms with Gasteiger partial charge in [-0.25, -0.2) is 0 Å². The Labute approximate surface area is 106 Å². The average Bonchev–Trinajstić information content (AvgIpc) is 2.40. The molecule has 0 aliphatic heterocycles. The molecular weight excluding hydrogens is 228 g/mol. The maximum atomic E-state index is 11.9. The molecule has 0 saturated heterocycles. The predicted octanol–water partition coefficient (Wildman–Crippen LogP) is 2.70. The zero-order valence-electron chi connectivity index (χ0n) is 10.0. The van der Waals surface area contributed by atoms with Crippen LogP contribution in [0.3, 0.4) is 0 Å². The van der Waals surface area contributed by atoms with Gasteiger partial charge >= 0.3 is 5.97 Å². The number of esters is 1. The Kier molecular flexibility index (Phi) is 3.63. The lowest BCUT2D eigenvalue weighted by Gasteiger charge is -2.15. The Morgan fingerprint density at radius 3 is 2.33 bits per heavy atom. The molecule has 0 saturated carbocycles. The summed E-state index contributed by atoms with van der Waals surface area (Å²) in [6.07, 6.45) is 0. The zero-order chi connectivity index (χ0) is 13.0. The topological polar surface area (TPSA) is 46.5 Å². The van der Waals surface area contributed by atoms with Gasteiger partial charge in [0.2, 0.25) is 0 Å². The van der Waals surface area contributed by atoms with Gasteiger partial charge in [-0.1, -0.05) is 42.5 Å². The van der Waals surface area contributed by atoms with E-state index in [2.05, 4.69) is 0 Å². The number of aromatic hydroxyl groups is 1. The maximum absolute atomic E-state index is 11.9. The molecule has 92 valence electrons. The van der Waals surface area contributed by atoms with E-state index in [0.29, 0.717) is 5.56 Å². The SMILES string of the molecule is COC(=O)C(c1ccccc1)c1cccc(O)c1. The maximum Gasteiger partial charge on any atom is 0.317 e. The van der Waals surface area contributed by atoms with Gasteiger partial charge in [0.05, 0.1) is 7.11 Å². The molecule has 0 heterocycles. The Morgan fingerprint density at radius 2 is 1.72 bits per heavy atom. The third-order valence-corrected chi connectivity index (χ3v) is 2.77. The van der Waals surface area contributed by atoms with Crippen molar-refractivity contribution in [2.45, 2.75) is 5.92 Å². The van der Waals surface area contributed by atoms with Crippen molar-refractivity contribution in [3.05, 3.63) is 65.7 Å². The minimum absolute atomic E-state index is 0.136. The number of hydrogen-bond acceptors (Lipinski definition) is 3. The monoisotopic (exact) mass is 242 g/mol. The van der Waals surface area contributed by atoms with E-state index in [1.54, 1.807) is 24.3 Å². The fourth-order valence-electron chi connectivity index (χ4n) is 1.93. The first-order valence-corrected chi connectivity index (χ1v) is 5.64. The number of rotatable bonds is 3. The molecule has 2 aromatic carbocycles. The molecule has 2 aromatic rings. The molecular formula is C15H14O3. The van der Waals surface area contributed by atoms with Gasteiger partial charge in [0, 0.05) is 0 Å². The average molecular weight is 242 g/mol. The van der Waals surface area contributed by atoms with Gasteiger partial charge in [0.25, 0.3) is 0 Å². The zero-order valence-corrected chi connectivity index (χ0v) is 10.0. The van der Waals surface area contributed by atoms with E-state index >= 15 is 0 Å². The van der Waals surface area contributed by atoms with Crippen molar-refractivity contribution in [3.63, 3.8) is 0 Å². The van der Waals surface area contributed by atoms with Crippen molar-refractivity contribution in [2.24, 2.45) is 0 Å². The van der Waals surface area contributed by atoms with Gasteiger partial charge in [-0.15, -0.1) is 0 Å². The number of ether oxygens (including phenoxy) is 1. The highest BCUT2D eigenvalue weighted by atomic mass is 16.5. The van der Waals surface area contributed by atoms with E-state index in [1.165, 1.54) is 7.11 Å². The Hall–Kier alpha value is -2.29. The molecule has 0 bridgehead atoms. The summed E-state index contributed by atoms with van der Waals surface area (Å²) in [6.45, 7) is 0. The van der Waals surface area contributed by atoms with Crippen LogP contribution in [0.25, 0.3) is 0 Å². The van der Waals surface area contributed by atoms with Crippen molar-refractivity contribution >= 4 is 5.97 Å². The molecule has 0 aromatic heterocycles. The van der Waals surface area contributed by atoms with Gasteiger partial charge < -0.3 is 9.84 Å². The summed E-state index contributed by atoms with van der Waals surface area (Å²) in [5.41, 5.74) is 1.56. The number of hydrogen-bond donors (Lipinski definition) is 1. The van der Waals surface area contributed by atoms with Crippen molar-refractivity contribution in [3.8, 4) is 5.75 Å². The fraction of sp³-hybridized carbons (Fsp3) is 0.133. The molecule has 1 atom stereocenters. The number of phenolic OH excluding ortho intramolecular Hbond substituents is 1. The molecule has 1 unspecified atom stereocenters. The first kappa shape index (κ1) is 12.2. The third kappa shape index (κ3) is 2.51. The summed E-state index contributed by atoms with van der Waals surface area (Å²) in [5, 5.41) is 9.51. The number of carbonyl (C=O) groups is 1. The smallest absolute Gasteiger partial charge is 0.317 e. The van der Waals surface area contributed by atoms with E-state index < -0.39 is 5.92 Å². The second kappa shape index (κ2) is 5.36. The number of methoxy groups -OCH3 is 1. The molecule has 0 amide bonds. The van der Waals surface area contributed by atoms with E-state index in [4.69, 9.17) is 4.74 Å². The molecule has 0 fully saturated rings. The van der Waals surface area contributed by atoms with Gasteiger partial charge in [0.15, 0.2) is 0 Å². The Bertz CT molecular complexity index is 534. The van der Waals surface area contributed by atoms with Crippen LogP contribution in [0.15, 0.2) is 54.6 Å². The van der Waals surface area contributed by atoms with Crippen LogP contribution >= 0.6 is 0 Å². The van der Waals surface area contributed by atoms with Crippen molar-refractivity contribution < 1.29 is 14.6 Å². The summed E-state index contributed by atoms with van der Waals surface area (Å²) in [5.74, 6) is -0.715. The van der Waals surface area contributed by atoms with Crippen LogP contribution in [0.1, 0.15) is 17.0 Å². The third-order valence-electron chi connectivity index (χ3n) is 2.77. The number of benzene rings is 2. The minimum atomic E-state index is -0.511. The van der Waals surface area contributed by atoms with Crippen molar-refractivity contribution in [1.29, 1.82) is 0 Å². The van der Waals surface area contributed by atoms with Crippen LogP contribution in [0.4, 0.5) is 0 Å². The minimum Gasteiger partial charge on any atom is -0.508 e. The molecule has 2 rings (SSSR count). The second-order valence-electron chi connectivity index (χ2n) is 3.96. The van der Waals surface area contributed by atoms with E-state index in [1.807, 2.05) is 30.3 Å². The van der Waals surface area contributed by atoms with Gasteiger partial charge in [-0.05, 0) is 23.3 Å². The lowest BCUT2D eigenvalue weighted by Crippen LogP contribution is -2.15. The van der Waals surface area contributed by atoms with Crippen molar-refractivity contribution in [2.75, 3.05) is 7.11 Å². The molecule has 0 spiro atoms. The van der Waals surface area contributed by atoms with E-state index in [9.17, 15) is 9.90 Å². The molecule has 1 N–H and O–H groups in total. The molecule has 18 heavy (non-hydrogen) atoms. The number of phenols is 1. The first-order valence-electron chi connectivity index (χ1n) is 5.64. The van der Waals surface area contributed by atoms with Gasteiger partial charge in [0.1, 0.15) is 11.7 Å². The van der Waals surface area contributed by atoms with Crippen LogP contribution in [-0.2, 0) is 9.53 Å². The van der Waals surface area contributed by atoms with Crippen LogP contribution in [0.2, 0.25) is 0 Å². The highest BCUT2D eigenvalue weighted by Crippen LogP contribution is 2.27. The normalized spacial score (nSPS) is 11.8.